The minimum absolute atomic E-state index is 0.0943. The zero-order valence-electron chi connectivity index (χ0n) is 9.47. The zero-order valence-corrected chi connectivity index (χ0v) is 9.47. The first-order valence-electron chi connectivity index (χ1n) is 5.12. The Hall–Kier alpha value is -1.85. The molecular formula is C10H16N4O2. The van der Waals surface area contributed by atoms with Crippen LogP contribution in [0.4, 0.5) is 11.6 Å². The molecule has 0 bridgehead atoms. The van der Waals surface area contributed by atoms with Crippen molar-refractivity contribution in [2.24, 2.45) is 0 Å². The summed E-state index contributed by atoms with van der Waals surface area (Å²) in [5.74, 6) is 0.648. The summed E-state index contributed by atoms with van der Waals surface area (Å²) in [5, 5.41) is 11.6. The number of carboxylic acid groups (broad SMARTS) is 1. The third kappa shape index (κ3) is 3.72. The average Bonchev–Trinajstić information content (AvgIpc) is 2.26. The second kappa shape index (κ2) is 5.89. The minimum Gasteiger partial charge on any atom is -0.481 e. The van der Waals surface area contributed by atoms with Gasteiger partial charge in [0.05, 0.1) is 6.42 Å². The van der Waals surface area contributed by atoms with Crippen LogP contribution in [0.5, 0.6) is 0 Å². The molecule has 0 atom stereocenters. The molecule has 0 saturated heterocycles. The van der Waals surface area contributed by atoms with Gasteiger partial charge < -0.3 is 15.3 Å². The lowest BCUT2D eigenvalue weighted by atomic mass is 10.4. The maximum absolute atomic E-state index is 10.4. The maximum atomic E-state index is 10.4. The van der Waals surface area contributed by atoms with E-state index < -0.39 is 5.97 Å². The lowest BCUT2D eigenvalue weighted by molar-refractivity contribution is -0.136. The number of carboxylic acids is 1. The van der Waals surface area contributed by atoms with Gasteiger partial charge in [-0.1, -0.05) is 0 Å². The summed E-state index contributed by atoms with van der Waals surface area (Å²) < 4.78 is 0. The van der Waals surface area contributed by atoms with E-state index in [1.807, 2.05) is 6.92 Å². The zero-order chi connectivity index (χ0) is 12.0. The van der Waals surface area contributed by atoms with E-state index >= 15 is 0 Å². The van der Waals surface area contributed by atoms with Crippen molar-refractivity contribution >= 4 is 17.6 Å². The SMILES string of the molecule is CCNc1cc(N(C)CCC(=O)O)ncn1. The average molecular weight is 224 g/mol. The standard InChI is InChI=1S/C10H16N4O2/c1-3-11-8-6-9(13-7-12-8)14(2)5-4-10(15)16/h6-7H,3-5H2,1-2H3,(H,15,16)(H,11,12,13). The number of nitrogens with one attached hydrogen (secondary N) is 1. The Morgan fingerprint density at radius 3 is 2.94 bits per heavy atom. The molecule has 0 aliphatic heterocycles. The third-order valence-corrected chi connectivity index (χ3v) is 2.06. The van der Waals surface area contributed by atoms with Crippen molar-refractivity contribution in [2.45, 2.75) is 13.3 Å². The lowest BCUT2D eigenvalue weighted by Gasteiger charge is -2.17. The Kier molecular flexibility index (Phi) is 4.50. The number of aromatic nitrogens is 2. The van der Waals surface area contributed by atoms with Crippen LogP contribution in [-0.4, -0.2) is 41.2 Å². The summed E-state index contributed by atoms with van der Waals surface area (Å²) in [6, 6.07) is 1.80. The molecule has 0 radical (unpaired) electrons. The van der Waals surface area contributed by atoms with E-state index in [1.54, 1.807) is 18.0 Å². The summed E-state index contributed by atoms with van der Waals surface area (Å²) in [7, 11) is 1.81. The summed E-state index contributed by atoms with van der Waals surface area (Å²) >= 11 is 0. The van der Waals surface area contributed by atoms with E-state index in [0.717, 1.165) is 12.4 Å². The Bertz CT molecular complexity index is 356. The number of aliphatic carboxylic acids is 1. The van der Waals surface area contributed by atoms with E-state index in [9.17, 15) is 4.79 Å². The Morgan fingerprint density at radius 2 is 2.31 bits per heavy atom. The van der Waals surface area contributed by atoms with Gasteiger partial charge in [-0.3, -0.25) is 4.79 Å². The van der Waals surface area contributed by atoms with Gasteiger partial charge in [0.1, 0.15) is 18.0 Å². The van der Waals surface area contributed by atoms with Gasteiger partial charge in [0, 0.05) is 26.2 Å². The van der Waals surface area contributed by atoms with Crippen molar-refractivity contribution in [3.63, 3.8) is 0 Å². The smallest absolute Gasteiger partial charge is 0.305 e. The molecular weight excluding hydrogens is 208 g/mol. The molecule has 0 fully saturated rings. The minimum atomic E-state index is -0.812. The first kappa shape index (κ1) is 12.2. The van der Waals surface area contributed by atoms with Crippen LogP contribution in [0.1, 0.15) is 13.3 Å². The van der Waals surface area contributed by atoms with Gasteiger partial charge in [-0.25, -0.2) is 9.97 Å². The highest BCUT2D eigenvalue weighted by Crippen LogP contribution is 2.12. The van der Waals surface area contributed by atoms with E-state index in [4.69, 9.17) is 5.11 Å². The van der Waals surface area contributed by atoms with Crippen LogP contribution in [0.25, 0.3) is 0 Å². The van der Waals surface area contributed by atoms with Crippen LogP contribution in [0.3, 0.4) is 0 Å². The van der Waals surface area contributed by atoms with Gasteiger partial charge in [0.25, 0.3) is 0 Å². The molecule has 1 aromatic rings. The third-order valence-electron chi connectivity index (χ3n) is 2.06. The number of hydrogen-bond acceptors (Lipinski definition) is 5. The van der Waals surface area contributed by atoms with Crippen molar-refractivity contribution < 1.29 is 9.90 Å². The molecule has 1 heterocycles. The van der Waals surface area contributed by atoms with E-state index in [-0.39, 0.29) is 6.42 Å². The molecule has 0 aliphatic carbocycles. The molecule has 88 valence electrons. The van der Waals surface area contributed by atoms with Crippen molar-refractivity contribution in [1.29, 1.82) is 0 Å². The number of hydrogen-bond donors (Lipinski definition) is 2. The van der Waals surface area contributed by atoms with Crippen molar-refractivity contribution in [1.82, 2.24) is 9.97 Å². The largest absolute Gasteiger partial charge is 0.481 e. The summed E-state index contributed by atoms with van der Waals surface area (Å²) in [6.45, 7) is 3.20. The van der Waals surface area contributed by atoms with E-state index in [2.05, 4.69) is 15.3 Å². The van der Waals surface area contributed by atoms with Crippen molar-refractivity contribution in [2.75, 3.05) is 30.4 Å². The predicted molar refractivity (Wildman–Crippen MR) is 61.7 cm³/mol. The molecule has 6 heteroatoms. The fraction of sp³-hybridized carbons (Fsp3) is 0.500. The number of anilines is 2. The second-order valence-corrected chi connectivity index (χ2v) is 3.36. The first-order chi connectivity index (χ1) is 7.63. The highest BCUT2D eigenvalue weighted by Gasteiger charge is 2.06. The summed E-state index contributed by atoms with van der Waals surface area (Å²) in [6.07, 6.45) is 1.56. The Balaban J connectivity index is 2.63. The highest BCUT2D eigenvalue weighted by molar-refractivity contribution is 5.67. The molecule has 1 aromatic heterocycles. The highest BCUT2D eigenvalue weighted by atomic mass is 16.4. The van der Waals surface area contributed by atoms with Gasteiger partial charge in [-0.15, -0.1) is 0 Å². The Morgan fingerprint density at radius 1 is 1.56 bits per heavy atom. The predicted octanol–water partition coefficient (Wildman–Crippen LogP) is 0.819. The number of nitrogens with zero attached hydrogens (tertiary/aromatic N) is 3. The number of carbonyl (C=O) groups is 1. The van der Waals surface area contributed by atoms with Crippen LogP contribution in [-0.2, 0) is 4.79 Å². The maximum Gasteiger partial charge on any atom is 0.305 e. The van der Waals surface area contributed by atoms with Crippen LogP contribution in [0.2, 0.25) is 0 Å². The molecule has 2 N–H and O–H groups in total. The molecule has 6 nitrogen and oxygen atoms in total. The fourth-order valence-electron chi connectivity index (χ4n) is 1.21. The number of rotatable bonds is 6. The van der Waals surface area contributed by atoms with Gasteiger partial charge >= 0.3 is 5.97 Å². The fourth-order valence-corrected chi connectivity index (χ4v) is 1.21. The van der Waals surface area contributed by atoms with Gasteiger partial charge in [-0.05, 0) is 6.92 Å². The quantitative estimate of drug-likeness (QED) is 0.744. The molecule has 0 aliphatic rings. The van der Waals surface area contributed by atoms with Gasteiger partial charge in [0.2, 0.25) is 0 Å². The van der Waals surface area contributed by atoms with Crippen molar-refractivity contribution in [3.8, 4) is 0 Å². The van der Waals surface area contributed by atoms with Gasteiger partial charge in [0.15, 0.2) is 0 Å². The molecule has 0 unspecified atom stereocenters. The molecule has 0 amide bonds. The molecule has 0 saturated carbocycles. The topological polar surface area (TPSA) is 78.4 Å². The molecule has 1 rings (SSSR count). The molecule has 16 heavy (non-hydrogen) atoms. The normalized spacial score (nSPS) is 9.88. The van der Waals surface area contributed by atoms with E-state index in [0.29, 0.717) is 12.4 Å². The summed E-state index contributed by atoms with van der Waals surface area (Å²) in [5.41, 5.74) is 0. The first-order valence-corrected chi connectivity index (χ1v) is 5.12. The monoisotopic (exact) mass is 224 g/mol. The van der Waals surface area contributed by atoms with Crippen molar-refractivity contribution in [3.05, 3.63) is 12.4 Å². The lowest BCUT2D eigenvalue weighted by Crippen LogP contribution is -2.22. The Labute approximate surface area is 94.3 Å². The molecule has 0 spiro atoms. The van der Waals surface area contributed by atoms with Crippen LogP contribution in [0.15, 0.2) is 12.4 Å². The van der Waals surface area contributed by atoms with Crippen LogP contribution < -0.4 is 10.2 Å². The van der Waals surface area contributed by atoms with Crippen LogP contribution in [0, 0.1) is 0 Å². The molecule has 0 aromatic carbocycles. The van der Waals surface area contributed by atoms with E-state index in [1.165, 1.54) is 6.33 Å². The summed E-state index contributed by atoms with van der Waals surface area (Å²) in [4.78, 5) is 20.3. The van der Waals surface area contributed by atoms with Gasteiger partial charge in [-0.2, -0.15) is 0 Å². The second-order valence-electron chi connectivity index (χ2n) is 3.36. The van der Waals surface area contributed by atoms with Crippen LogP contribution >= 0.6 is 0 Å².